The van der Waals surface area contributed by atoms with Crippen LogP contribution in [0.3, 0.4) is 0 Å². The number of nitrogens with one attached hydrogen (secondary N) is 1. The fourth-order valence-electron chi connectivity index (χ4n) is 2.72. The lowest BCUT2D eigenvalue weighted by atomic mass is 9.99. The Morgan fingerprint density at radius 3 is 2.81 bits per heavy atom. The van der Waals surface area contributed by atoms with Crippen LogP contribution in [0.2, 0.25) is 10.0 Å². The quantitative estimate of drug-likeness (QED) is 0.774. The maximum atomic E-state index is 6.29. The van der Waals surface area contributed by atoms with Gasteiger partial charge in [0.05, 0.1) is 28.4 Å². The standard InChI is InChI=1S/C17H17Cl2NO/c1-11-5-2-6-12-14(9-4-10-21-17(11)12)20-15-8-3-7-13(18)16(15)19/h2-3,5-8,14,20H,4,9-10H2,1H3. The van der Waals surface area contributed by atoms with Crippen molar-refractivity contribution in [2.75, 3.05) is 11.9 Å². The van der Waals surface area contributed by atoms with Gasteiger partial charge in [-0.15, -0.1) is 0 Å². The molecule has 0 fully saturated rings. The number of benzene rings is 2. The second-order valence-corrected chi connectivity index (χ2v) is 6.07. The number of halogens is 2. The van der Waals surface area contributed by atoms with Gasteiger partial charge in [0, 0.05) is 5.56 Å². The number of anilines is 1. The van der Waals surface area contributed by atoms with Gasteiger partial charge in [0.15, 0.2) is 0 Å². The first-order chi connectivity index (χ1) is 10.2. The van der Waals surface area contributed by atoms with E-state index in [0.29, 0.717) is 10.0 Å². The van der Waals surface area contributed by atoms with E-state index in [2.05, 4.69) is 30.4 Å². The van der Waals surface area contributed by atoms with E-state index in [-0.39, 0.29) is 6.04 Å². The van der Waals surface area contributed by atoms with Gasteiger partial charge in [-0.25, -0.2) is 0 Å². The van der Waals surface area contributed by atoms with Crippen LogP contribution in [0.25, 0.3) is 0 Å². The molecule has 0 aromatic heterocycles. The highest BCUT2D eigenvalue weighted by molar-refractivity contribution is 6.43. The molecule has 1 aliphatic rings. The number of hydrogen-bond acceptors (Lipinski definition) is 2. The summed E-state index contributed by atoms with van der Waals surface area (Å²) in [5.74, 6) is 0.991. The molecule has 0 bridgehead atoms. The molecule has 2 aromatic rings. The second kappa shape index (κ2) is 6.17. The van der Waals surface area contributed by atoms with E-state index in [0.717, 1.165) is 30.9 Å². The second-order valence-electron chi connectivity index (χ2n) is 5.28. The molecule has 1 N–H and O–H groups in total. The van der Waals surface area contributed by atoms with Gasteiger partial charge >= 0.3 is 0 Å². The first-order valence-corrected chi connectivity index (χ1v) is 7.85. The molecule has 0 amide bonds. The molecule has 0 saturated carbocycles. The Kier molecular flexibility index (Phi) is 4.27. The molecule has 0 radical (unpaired) electrons. The van der Waals surface area contributed by atoms with Crippen LogP contribution in [0.15, 0.2) is 36.4 Å². The summed E-state index contributed by atoms with van der Waals surface area (Å²) in [4.78, 5) is 0. The van der Waals surface area contributed by atoms with Gasteiger partial charge in [-0.2, -0.15) is 0 Å². The normalized spacial score (nSPS) is 17.6. The summed E-state index contributed by atoms with van der Waals surface area (Å²) in [6.07, 6.45) is 2.00. The first kappa shape index (κ1) is 14.6. The summed E-state index contributed by atoms with van der Waals surface area (Å²) in [7, 11) is 0. The molecule has 0 saturated heterocycles. The minimum Gasteiger partial charge on any atom is -0.493 e. The zero-order valence-corrected chi connectivity index (χ0v) is 13.3. The van der Waals surface area contributed by atoms with Gasteiger partial charge in [0.1, 0.15) is 5.75 Å². The van der Waals surface area contributed by atoms with Gasteiger partial charge in [-0.3, -0.25) is 0 Å². The van der Waals surface area contributed by atoms with Gasteiger partial charge < -0.3 is 10.1 Å². The van der Waals surface area contributed by atoms with Crippen molar-refractivity contribution in [3.8, 4) is 5.75 Å². The van der Waals surface area contributed by atoms with Crippen molar-refractivity contribution in [3.63, 3.8) is 0 Å². The summed E-state index contributed by atoms with van der Waals surface area (Å²) in [5, 5.41) is 4.65. The van der Waals surface area contributed by atoms with Crippen molar-refractivity contribution >= 4 is 28.9 Å². The molecule has 110 valence electrons. The van der Waals surface area contributed by atoms with Crippen molar-refractivity contribution < 1.29 is 4.74 Å². The molecule has 0 aliphatic carbocycles. The summed E-state index contributed by atoms with van der Waals surface area (Å²) in [6, 6.07) is 12.1. The Bertz CT molecular complexity index is 657. The molecule has 4 heteroatoms. The van der Waals surface area contributed by atoms with Crippen LogP contribution in [0, 0.1) is 6.92 Å². The third-order valence-corrected chi connectivity index (χ3v) is 4.60. The van der Waals surface area contributed by atoms with Crippen LogP contribution in [0.5, 0.6) is 5.75 Å². The molecule has 2 nitrogen and oxygen atoms in total. The van der Waals surface area contributed by atoms with Crippen LogP contribution in [0.4, 0.5) is 5.69 Å². The lowest BCUT2D eigenvalue weighted by Crippen LogP contribution is -2.10. The molecule has 1 aliphatic heterocycles. The van der Waals surface area contributed by atoms with Crippen molar-refractivity contribution in [3.05, 3.63) is 57.6 Å². The SMILES string of the molecule is Cc1cccc2c1OCCCC2Nc1cccc(Cl)c1Cl. The van der Waals surface area contributed by atoms with Crippen LogP contribution in [0.1, 0.15) is 30.0 Å². The highest BCUT2D eigenvalue weighted by Crippen LogP contribution is 2.38. The molecular formula is C17H17Cl2NO. The largest absolute Gasteiger partial charge is 0.493 e. The van der Waals surface area contributed by atoms with Crippen LogP contribution in [-0.4, -0.2) is 6.61 Å². The van der Waals surface area contributed by atoms with E-state index >= 15 is 0 Å². The highest BCUT2D eigenvalue weighted by Gasteiger charge is 2.21. The molecule has 1 heterocycles. The van der Waals surface area contributed by atoms with E-state index in [4.69, 9.17) is 27.9 Å². The average Bonchev–Trinajstić information content (AvgIpc) is 2.68. The Morgan fingerprint density at radius 2 is 1.95 bits per heavy atom. The Hall–Kier alpha value is -1.38. The van der Waals surface area contributed by atoms with Crippen LogP contribution < -0.4 is 10.1 Å². The van der Waals surface area contributed by atoms with Crippen molar-refractivity contribution in [1.82, 2.24) is 0 Å². The average molecular weight is 322 g/mol. The fraction of sp³-hybridized carbons (Fsp3) is 0.294. The fourth-order valence-corrected chi connectivity index (χ4v) is 3.07. The Morgan fingerprint density at radius 1 is 1.14 bits per heavy atom. The predicted molar refractivity (Wildman–Crippen MR) is 88.7 cm³/mol. The minimum atomic E-state index is 0.179. The third-order valence-electron chi connectivity index (χ3n) is 3.78. The first-order valence-electron chi connectivity index (χ1n) is 7.09. The molecular weight excluding hydrogens is 305 g/mol. The van der Waals surface area contributed by atoms with Gasteiger partial charge in [-0.05, 0) is 37.5 Å². The van der Waals surface area contributed by atoms with E-state index in [1.807, 2.05) is 12.1 Å². The Labute approximate surface area is 135 Å². The van der Waals surface area contributed by atoms with E-state index in [9.17, 15) is 0 Å². The summed E-state index contributed by atoms with van der Waals surface area (Å²) < 4.78 is 5.90. The lowest BCUT2D eigenvalue weighted by Gasteiger charge is -2.21. The van der Waals surface area contributed by atoms with E-state index in [1.165, 1.54) is 11.1 Å². The number of para-hydroxylation sites is 1. The van der Waals surface area contributed by atoms with Gasteiger partial charge in [0.2, 0.25) is 0 Å². The number of fused-ring (bicyclic) bond motifs is 1. The monoisotopic (exact) mass is 321 g/mol. The van der Waals surface area contributed by atoms with Crippen molar-refractivity contribution in [2.45, 2.75) is 25.8 Å². The molecule has 3 rings (SSSR count). The van der Waals surface area contributed by atoms with Gasteiger partial charge in [0.25, 0.3) is 0 Å². The van der Waals surface area contributed by atoms with E-state index < -0.39 is 0 Å². The van der Waals surface area contributed by atoms with Crippen LogP contribution in [-0.2, 0) is 0 Å². The zero-order valence-electron chi connectivity index (χ0n) is 11.8. The topological polar surface area (TPSA) is 21.3 Å². The maximum absolute atomic E-state index is 6.29. The molecule has 2 aromatic carbocycles. The van der Waals surface area contributed by atoms with E-state index in [1.54, 1.807) is 6.07 Å². The molecule has 1 unspecified atom stereocenters. The van der Waals surface area contributed by atoms with Gasteiger partial charge in [-0.1, -0.05) is 47.5 Å². The number of ether oxygens (including phenoxy) is 1. The highest BCUT2D eigenvalue weighted by atomic mass is 35.5. The Balaban J connectivity index is 1.96. The zero-order chi connectivity index (χ0) is 14.8. The number of hydrogen-bond donors (Lipinski definition) is 1. The predicted octanol–water partition coefficient (Wildman–Crippen LogP) is 5.63. The van der Waals surface area contributed by atoms with Crippen LogP contribution >= 0.6 is 23.2 Å². The number of rotatable bonds is 2. The lowest BCUT2D eigenvalue weighted by molar-refractivity contribution is 0.314. The van der Waals surface area contributed by atoms with Crippen molar-refractivity contribution in [1.29, 1.82) is 0 Å². The maximum Gasteiger partial charge on any atom is 0.127 e. The summed E-state index contributed by atoms with van der Waals surface area (Å²) in [6.45, 7) is 2.83. The molecule has 1 atom stereocenters. The smallest absolute Gasteiger partial charge is 0.127 e. The minimum absolute atomic E-state index is 0.179. The third kappa shape index (κ3) is 2.97. The summed E-state index contributed by atoms with van der Waals surface area (Å²) in [5.41, 5.74) is 3.21. The summed E-state index contributed by atoms with van der Waals surface area (Å²) >= 11 is 12.4. The molecule has 21 heavy (non-hydrogen) atoms. The van der Waals surface area contributed by atoms with Crippen molar-refractivity contribution in [2.24, 2.45) is 0 Å². The number of aryl methyl sites for hydroxylation is 1. The molecule has 0 spiro atoms.